The number of nitrogens with one attached hydrogen (secondary N) is 2. The number of methoxy groups -OCH3 is 1. The highest BCUT2D eigenvalue weighted by atomic mass is 16.5. The molecule has 1 atom stereocenters. The number of carbonyl (C=O) groups is 2. The first-order chi connectivity index (χ1) is 8.39. The van der Waals surface area contributed by atoms with Crippen molar-refractivity contribution in [1.29, 1.82) is 0 Å². The Morgan fingerprint density at radius 3 is 2.39 bits per heavy atom. The average Bonchev–Trinajstić information content (AvgIpc) is 2.38. The SMILES string of the molecule is COC(=O)[C@H](C)NC(=O)C(C)(C)N1CCNCC1. The maximum absolute atomic E-state index is 12.2. The molecule has 1 fully saturated rings. The number of piperazine rings is 1. The molecule has 0 radical (unpaired) electrons. The number of rotatable bonds is 4. The van der Waals surface area contributed by atoms with Gasteiger partial charge in [-0.3, -0.25) is 9.69 Å². The van der Waals surface area contributed by atoms with Gasteiger partial charge in [-0.1, -0.05) is 0 Å². The van der Waals surface area contributed by atoms with Crippen LogP contribution in [0.15, 0.2) is 0 Å². The van der Waals surface area contributed by atoms with E-state index in [1.807, 2.05) is 13.8 Å². The minimum absolute atomic E-state index is 0.151. The van der Waals surface area contributed by atoms with Crippen LogP contribution in [-0.4, -0.2) is 61.6 Å². The first-order valence-corrected chi connectivity index (χ1v) is 6.24. The molecule has 104 valence electrons. The summed E-state index contributed by atoms with van der Waals surface area (Å²) in [4.78, 5) is 25.6. The molecule has 0 aliphatic carbocycles. The molecule has 0 aromatic rings. The third-order valence-corrected chi connectivity index (χ3v) is 3.37. The van der Waals surface area contributed by atoms with E-state index in [4.69, 9.17) is 0 Å². The maximum Gasteiger partial charge on any atom is 0.328 e. The summed E-state index contributed by atoms with van der Waals surface area (Å²) in [5, 5.41) is 5.94. The van der Waals surface area contributed by atoms with E-state index < -0.39 is 17.6 Å². The zero-order chi connectivity index (χ0) is 13.8. The summed E-state index contributed by atoms with van der Waals surface area (Å²) < 4.78 is 4.59. The molecule has 1 saturated heterocycles. The van der Waals surface area contributed by atoms with E-state index in [1.165, 1.54) is 7.11 Å². The number of amides is 1. The van der Waals surface area contributed by atoms with Gasteiger partial charge in [-0.2, -0.15) is 0 Å². The third-order valence-electron chi connectivity index (χ3n) is 3.37. The normalized spacial score (nSPS) is 19.1. The lowest BCUT2D eigenvalue weighted by Crippen LogP contribution is -2.61. The molecule has 1 rings (SSSR count). The van der Waals surface area contributed by atoms with Crippen LogP contribution in [0.1, 0.15) is 20.8 Å². The van der Waals surface area contributed by atoms with Gasteiger partial charge in [0.25, 0.3) is 0 Å². The zero-order valence-electron chi connectivity index (χ0n) is 11.6. The fraction of sp³-hybridized carbons (Fsp3) is 0.833. The van der Waals surface area contributed by atoms with E-state index in [-0.39, 0.29) is 5.91 Å². The Balaban J connectivity index is 2.60. The predicted octanol–water partition coefficient (Wildman–Crippen LogP) is -0.652. The molecule has 0 unspecified atom stereocenters. The number of ether oxygens (including phenoxy) is 1. The molecule has 1 heterocycles. The van der Waals surface area contributed by atoms with Gasteiger partial charge in [0.15, 0.2) is 0 Å². The minimum Gasteiger partial charge on any atom is -0.467 e. The molecular weight excluding hydrogens is 234 g/mol. The third kappa shape index (κ3) is 3.43. The van der Waals surface area contributed by atoms with Crippen LogP contribution in [0.2, 0.25) is 0 Å². The van der Waals surface area contributed by atoms with Crippen molar-refractivity contribution in [3.63, 3.8) is 0 Å². The largest absolute Gasteiger partial charge is 0.467 e. The predicted molar refractivity (Wildman–Crippen MR) is 68.1 cm³/mol. The minimum atomic E-state index is -0.621. The quantitative estimate of drug-likeness (QED) is 0.655. The van der Waals surface area contributed by atoms with Gasteiger partial charge in [0.05, 0.1) is 12.6 Å². The first-order valence-electron chi connectivity index (χ1n) is 6.24. The highest BCUT2D eigenvalue weighted by Gasteiger charge is 2.36. The van der Waals surface area contributed by atoms with E-state index in [9.17, 15) is 9.59 Å². The van der Waals surface area contributed by atoms with Gasteiger partial charge in [0.1, 0.15) is 6.04 Å². The van der Waals surface area contributed by atoms with Crippen LogP contribution in [-0.2, 0) is 14.3 Å². The zero-order valence-corrected chi connectivity index (χ0v) is 11.6. The van der Waals surface area contributed by atoms with E-state index in [2.05, 4.69) is 20.3 Å². The van der Waals surface area contributed by atoms with Gasteiger partial charge < -0.3 is 15.4 Å². The van der Waals surface area contributed by atoms with Crippen molar-refractivity contribution in [3.05, 3.63) is 0 Å². The molecule has 0 aromatic heterocycles. The van der Waals surface area contributed by atoms with Crippen LogP contribution in [0.5, 0.6) is 0 Å². The van der Waals surface area contributed by atoms with E-state index in [1.54, 1.807) is 6.92 Å². The molecule has 0 aromatic carbocycles. The lowest BCUT2D eigenvalue weighted by atomic mass is 10.00. The number of hydrogen-bond acceptors (Lipinski definition) is 5. The van der Waals surface area contributed by atoms with Gasteiger partial charge in [0, 0.05) is 26.2 Å². The monoisotopic (exact) mass is 257 g/mol. The summed E-state index contributed by atoms with van der Waals surface area (Å²) in [6, 6.07) is -0.621. The fourth-order valence-corrected chi connectivity index (χ4v) is 1.98. The maximum atomic E-state index is 12.2. The fourth-order valence-electron chi connectivity index (χ4n) is 1.98. The topological polar surface area (TPSA) is 70.7 Å². The van der Waals surface area contributed by atoms with E-state index in [0.29, 0.717) is 0 Å². The molecule has 2 N–H and O–H groups in total. The molecule has 0 saturated carbocycles. The van der Waals surface area contributed by atoms with Gasteiger partial charge in [0.2, 0.25) is 5.91 Å². The number of nitrogens with zero attached hydrogens (tertiary/aromatic N) is 1. The number of hydrogen-bond donors (Lipinski definition) is 2. The van der Waals surface area contributed by atoms with Gasteiger partial charge in [-0.15, -0.1) is 0 Å². The number of esters is 1. The van der Waals surface area contributed by atoms with E-state index >= 15 is 0 Å². The molecule has 0 bridgehead atoms. The molecule has 1 aliphatic heterocycles. The van der Waals surface area contributed by atoms with Gasteiger partial charge >= 0.3 is 5.97 Å². The standard InChI is InChI=1S/C12H23N3O3/c1-9(10(16)18-4)14-11(17)12(2,3)15-7-5-13-6-8-15/h9,13H,5-8H2,1-4H3,(H,14,17)/t9-/m0/s1. The second kappa shape index (κ2) is 6.15. The molecule has 6 nitrogen and oxygen atoms in total. The second-order valence-corrected chi connectivity index (χ2v) is 5.01. The molecule has 6 heteroatoms. The first kappa shape index (κ1) is 14.9. The summed E-state index contributed by atoms with van der Waals surface area (Å²) >= 11 is 0. The van der Waals surface area contributed by atoms with Crippen LogP contribution in [0.4, 0.5) is 0 Å². The van der Waals surface area contributed by atoms with Crippen molar-refractivity contribution in [2.75, 3.05) is 33.3 Å². The summed E-state index contributed by atoms with van der Waals surface area (Å²) in [6.45, 7) is 8.78. The van der Waals surface area contributed by atoms with Crippen LogP contribution < -0.4 is 10.6 Å². The van der Waals surface area contributed by atoms with Crippen molar-refractivity contribution in [2.45, 2.75) is 32.4 Å². The van der Waals surface area contributed by atoms with Crippen LogP contribution in [0.3, 0.4) is 0 Å². The van der Waals surface area contributed by atoms with Crippen molar-refractivity contribution >= 4 is 11.9 Å². The molecule has 0 spiro atoms. The summed E-state index contributed by atoms with van der Waals surface area (Å²) in [5.74, 6) is -0.582. The summed E-state index contributed by atoms with van der Waals surface area (Å²) in [7, 11) is 1.31. The molecule has 18 heavy (non-hydrogen) atoms. The van der Waals surface area contributed by atoms with Crippen molar-refractivity contribution in [2.24, 2.45) is 0 Å². The summed E-state index contributed by atoms with van der Waals surface area (Å²) in [5.41, 5.74) is -0.621. The molecular formula is C12H23N3O3. The molecule has 1 aliphatic rings. The lowest BCUT2D eigenvalue weighted by molar-refractivity contribution is -0.146. The Kier molecular flexibility index (Phi) is 5.10. The molecule has 1 amide bonds. The van der Waals surface area contributed by atoms with Crippen molar-refractivity contribution in [3.8, 4) is 0 Å². The Bertz CT molecular complexity index is 312. The Hall–Kier alpha value is -1.14. The van der Waals surface area contributed by atoms with Crippen LogP contribution in [0, 0.1) is 0 Å². The van der Waals surface area contributed by atoms with Crippen LogP contribution in [0.25, 0.3) is 0 Å². The smallest absolute Gasteiger partial charge is 0.328 e. The Labute approximate surface area is 108 Å². The summed E-state index contributed by atoms with van der Waals surface area (Å²) in [6.07, 6.45) is 0. The highest BCUT2D eigenvalue weighted by Crippen LogP contribution is 2.15. The Morgan fingerprint density at radius 1 is 1.33 bits per heavy atom. The van der Waals surface area contributed by atoms with Crippen molar-refractivity contribution in [1.82, 2.24) is 15.5 Å². The lowest BCUT2D eigenvalue weighted by Gasteiger charge is -2.40. The van der Waals surface area contributed by atoms with Gasteiger partial charge in [-0.05, 0) is 20.8 Å². The average molecular weight is 257 g/mol. The van der Waals surface area contributed by atoms with Crippen molar-refractivity contribution < 1.29 is 14.3 Å². The highest BCUT2D eigenvalue weighted by molar-refractivity contribution is 5.89. The second-order valence-electron chi connectivity index (χ2n) is 5.01. The number of carbonyl (C=O) groups excluding carboxylic acids is 2. The van der Waals surface area contributed by atoms with Gasteiger partial charge in [-0.25, -0.2) is 4.79 Å². The Morgan fingerprint density at radius 2 is 1.89 bits per heavy atom. The van der Waals surface area contributed by atoms with Crippen LogP contribution >= 0.6 is 0 Å². The van der Waals surface area contributed by atoms with E-state index in [0.717, 1.165) is 26.2 Å².